The number of nitrogens with one attached hydrogen (secondary N) is 1. The average Bonchev–Trinajstić information content (AvgIpc) is 2.82. The Morgan fingerprint density at radius 1 is 1.00 bits per heavy atom. The van der Waals surface area contributed by atoms with Crippen molar-refractivity contribution in [3.63, 3.8) is 0 Å². The van der Waals surface area contributed by atoms with Gasteiger partial charge in [0.1, 0.15) is 11.5 Å². The Hall–Kier alpha value is -3.06. The number of hydrogen-bond donors (Lipinski definition) is 1. The Morgan fingerprint density at radius 2 is 1.61 bits per heavy atom. The van der Waals surface area contributed by atoms with E-state index in [0.717, 1.165) is 24.2 Å². The van der Waals surface area contributed by atoms with Crippen LogP contribution in [0.5, 0.6) is 11.5 Å². The Balaban J connectivity index is 1.79. The highest BCUT2D eigenvalue weighted by Crippen LogP contribution is 2.24. The number of nitrogens with zero attached hydrogens (tertiary/aromatic N) is 2. The standard InChI is InChI=1S/C24H31N3O4/c1-18-4-6-19(7-5-18)17-27(11-8-23(28)26-12-9-25-10-13-26)24(29)20-14-21(30-2)16-22(15-20)31-3/h4-7,14-16,25H,8-13,17H2,1-3H3. The summed E-state index contributed by atoms with van der Waals surface area (Å²) in [5, 5.41) is 3.25. The first kappa shape index (κ1) is 22.6. The molecule has 1 saturated heterocycles. The lowest BCUT2D eigenvalue weighted by Crippen LogP contribution is -2.47. The monoisotopic (exact) mass is 425 g/mol. The summed E-state index contributed by atoms with van der Waals surface area (Å²) in [5.41, 5.74) is 2.65. The van der Waals surface area contributed by atoms with Crippen LogP contribution in [0.4, 0.5) is 0 Å². The number of benzene rings is 2. The molecule has 0 radical (unpaired) electrons. The van der Waals surface area contributed by atoms with Crippen LogP contribution in [0.25, 0.3) is 0 Å². The molecule has 1 aliphatic rings. The molecule has 31 heavy (non-hydrogen) atoms. The van der Waals surface area contributed by atoms with Gasteiger partial charge in [0.05, 0.1) is 14.2 Å². The molecule has 0 saturated carbocycles. The number of rotatable bonds is 8. The topological polar surface area (TPSA) is 71.1 Å². The van der Waals surface area contributed by atoms with Gasteiger partial charge in [-0.2, -0.15) is 0 Å². The van der Waals surface area contributed by atoms with Gasteiger partial charge in [-0.1, -0.05) is 29.8 Å². The van der Waals surface area contributed by atoms with Crippen molar-refractivity contribution in [2.45, 2.75) is 19.9 Å². The number of piperazine rings is 1. The molecule has 1 N–H and O–H groups in total. The van der Waals surface area contributed by atoms with Crippen molar-refractivity contribution in [3.05, 3.63) is 59.2 Å². The number of methoxy groups -OCH3 is 2. The van der Waals surface area contributed by atoms with Crippen LogP contribution in [-0.2, 0) is 11.3 Å². The second kappa shape index (κ2) is 10.8. The summed E-state index contributed by atoms with van der Waals surface area (Å²) in [5.74, 6) is 1.02. The van der Waals surface area contributed by atoms with Gasteiger partial charge in [-0.25, -0.2) is 0 Å². The minimum Gasteiger partial charge on any atom is -0.497 e. The number of amides is 2. The van der Waals surface area contributed by atoms with Crippen molar-refractivity contribution in [2.75, 3.05) is 46.9 Å². The van der Waals surface area contributed by atoms with E-state index < -0.39 is 0 Å². The van der Waals surface area contributed by atoms with Crippen LogP contribution in [-0.4, -0.2) is 68.6 Å². The number of hydrogen-bond acceptors (Lipinski definition) is 5. The molecule has 1 heterocycles. The minimum atomic E-state index is -0.161. The SMILES string of the molecule is COc1cc(OC)cc(C(=O)N(CCC(=O)N2CCNCC2)Cc2ccc(C)cc2)c1. The maximum Gasteiger partial charge on any atom is 0.254 e. The van der Waals surface area contributed by atoms with E-state index in [2.05, 4.69) is 5.32 Å². The van der Waals surface area contributed by atoms with Crippen LogP contribution in [0, 0.1) is 6.92 Å². The molecule has 0 aromatic heterocycles. The third kappa shape index (κ3) is 6.21. The van der Waals surface area contributed by atoms with Crippen molar-refractivity contribution in [1.82, 2.24) is 15.1 Å². The maximum atomic E-state index is 13.4. The van der Waals surface area contributed by atoms with Crippen LogP contribution in [0.3, 0.4) is 0 Å². The molecule has 2 aromatic rings. The third-order valence-corrected chi connectivity index (χ3v) is 5.44. The first-order chi connectivity index (χ1) is 15.0. The lowest BCUT2D eigenvalue weighted by molar-refractivity contribution is -0.132. The number of ether oxygens (including phenoxy) is 2. The lowest BCUT2D eigenvalue weighted by Gasteiger charge is -2.29. The smallest absolute Gasteiger partial charge is 0.254 e. The van der Waals surface area contributed by atoms with Gasteiger partial charge in [0.15, 0.2) is 0 Å². The predicted molar refractivity (Wildman–Crippen MR) is 120 cm³/mol. The summed E-state index contributed by atoms with van der Waals surface area (Å²) in [6.45, 7) is 5.82. The van der Waals surface area contributed by atoms with Crippen molar-refractivity contribution >= 4 is 11.8 Å². The van der Waals surface area contributed by atoms with E-state index >= 15 is 0 Å². The molecular formula is C24H31N3O4. The Morgan fingerprint density at radius 3 is 2.19 bits per heavy atom. The highest BCUT2D eigenvalue weighted by Gasteiger charge is 2.22. The number of carbonyl (C=O) groups excluding carboxylic acids is 2. The first-order valence-electron chi connectivity index (χ1n) is 10.6. The van der Waals surface area contributed by atoms with Gasteiger partial charge in [-0.05, 0) is 24.6 Å². The highest BCUT2D eigenvalue weighted by molar-refractivity contribution is 5.95. The van der Waals surface area contributed by atoms with E-state index in [-0.39, 0.29) is 11.8 Å². The molecule has 7 nitrogen and oxygen atoms in total. The minimum absolute atomic E-state index is 0.0754. The summed E-state index contributed by atoms with van der Waals surface area (Å²) >= 11 is 0. The second-order valence-electron chi connectivity index (χ2n) is 7.69. The lowest BCUT2D eigenvalue weighted by atomic mass is 10.1. The maximum absolute atomic E-state index is 13.4. The zero-order valence-electron chi connectivity index (χ0n) is 18.5. The number of aryl methyl sites for hydroxylation is 1. The summed E-state index contributed by atoms with van der Waals surface area (Å²) in [7, 11) is 3.11. The molecule has 3 rings (SSSR count). The molecule has 7 heteroatoms. The van der Waals surface area contributed by atoms with Crippen molar-refractivity contribution in [2.24, 2.45) is 0 Å². The molecule has 0 bridgehead atoms. The van der Waals surface area contributed by atoms with E-state index in [9.17, 15) is 9.59 Å². The zero-order valence-corrected chi connectivity index (χ0v) is 18.5. The fourth-order valence-electron chi connectivity index (χ4n) is 3.58. The molecule has 0 atom stereocenters. The Labute approximate surface area is 183 Å². The van der Waals surface area contributed by atoms with Gasteiger partial charge in [-0.15, -0.1) is 0 Å². The van der Waals surface area contributed by atoms with Gasteiger partial charge < -0.3 is 24.6 Å². The van der Waals surface area contributed by atoms with Gasteiger partial charge in [0, 0.05) is 57.3 Å². The predicted octanol–water partition coefficient (Wildman–Crippen LogP) is 2.48. The summed E-state index contributed by atoms with van der Waals surface area (Å²) in [6, 6.07) is 13.2. The molecule has 166 valence electrons. The summed E-state index contributed by atoms with van der Waals surface area (Å²) < 4.78 is 10.6. The largest absolute Gasteiger partial charge is 0.497 e. The van der Waals surface area contributed by atoms with Crippen LogP contribution in [0.15, 0.2) is 42.5 Å². The average molecular weight is 426 g/mol. The normalized spacial score (nSPS) is 13.6. The van der Waals surface area contributed by atoms with E-state index in [1.165, 1.54) is 0 Å². The van der Waals surface area contributed by atoms with E-state index in [0.29, 0.717) is 49.7 Å². The molecular weight excluding hydrogens is 394 g/mol. The van der Waals surface area contributed by atoms with Crippen LogP contribution in [0.2, 0.25) is 0 Å². The van der Waals surface area contributed by atoms with Crippen molar-refractivity contribution in [3.8, 4) is 11.5 Å². The number of carbonyl (C=O) groups is 2. The second-order valence-corrected chi connectivity index (χ2v) is 7.69. The van der Waals surface area contributed by atoms with E-state index in [4.69, 9.17) is 9.47 Å². The van der Waals surface area contributed by atoms with Crippen LogP contribution in [0.1, 0.15) is 27.9 Å². The molecule has 1 fully saturated rings. The molecule has 0 unspecified atom stereocenters. The molecule has 2 amide bonds. The molecule has 1 aliphatic heterocycles. The van der Waals surface area contributed by atoms with Gasteiger partial charge in [-0.3, -0.25) is 9.59 Å². The fourth-order valence-corrected chi connectivity index (χ4v) is 3.58. The highest BCUT2D eigenvalue weighted by atomic mass is 16.5. The van der Waals surface area contributed by atoms with Gasteiger partial charge in [0.2, 0.25) is 5.91 Å². The molecule has 2 aromatic carbocycles. The third-order valence-electron chi connectivity index (χ3n) is 5.44. The van der Waals surface area contributed by atoms with E-state index in [1.807, 2.05) is 36.1 Å². The van der Waals surface area contributed by atoms with Crippen molar-refractivity contribution < 1.29 is 19.1 Å². The summed E-state index contributed by atoms with van der Waals surface area (Å²) in [6.07, 6.45) is 0.290. The van der Waals surface area contributed by atoms with Crippen molar-refractivity contribution in [1.29, 1.82) is 0 Å². The molecule has 0 aliphatic carbocycles. The fraction of sp³-hybridized carbons (Fsp3) is 0.417. The Bertz CT molecular complexity index is 870. The quantitative estimate of drug-likeness (QED) is 0.704. The van der Waals surface area contributed by atoms with Crippen LogP contribution < -0.4 is 14.8 Å². The zero-order chi connectivity index (χ0) is 22.2. The summed E-state index contributed by atoms with van der Waals surface area (Å²) in [4.78, 5) is 29.7. The first-order valence-corrected chi connectivity index (χ1v) is 10.6. The molecule has 0 spiro atoms. The van der Waals surface area contributed by atoms with Crippen LogP contribution >= 0.6 is 0 Å². The van der Waals surface area contributed by atoms with E-state index in [1.54, 1.807) is 37.3 Å². The van der Waals surface area contributed by atoms with Gasteiger partial charge >= 0.3 is 0 Å². The Kier molecular flexibility index (Phi) is 7.89. The van der Waals surface area contributed by atoms with Gasteiger partial charge in [0.25, 0.3) is 5.91 Å².